The number of benzene rings is 4. The van der Waals surface area contributed by atoms with Gasteiger partial charge in [-0.2, -0.15) is 0 Å². The summed E-state index contributed by atoms with van der Waals surface area (Å²) in [6, 6.07) is 22.8. The molecule has 2 amide bonds. The van der Waals surface area contributed by atoms with Gasteiger partial charge in [0.1, 0.15) is 17.9 Å². The molecule has 5 rings (SSSR count). The fourth-order valence-electron chi connectivity index (χ4n) is 4.50. The standard InChI is InChI=1S/C31H21BrCl2N2O3S/c1-2-7-20-14-18(16-24(32)28(20)39-17-21-10-5-9-19-8-3-4-11-22(19)21)15-23-29(37)35-31(40)36(30(23)38)26-13-6-12-25(33)27(26)34/h2-6,8-16H,1,7,17H2,(H,35,37,40)/b23-15+. The molecule has 0 bridgehead atoms. The molecule has 0 saturated carbocycles. The number of hydrogen-bond donors (Lipinski definition) is 1. The lowest BCUT2D eigenvalue weighted by molar-refractivity contribution is -0.122. The number of carbonyl (C=O) groups excluding carboxylic acids is 2. The maximum atomic E-state index is 13.5. The Morgan fingerprint density at radius 3 is 2.55 bits per heavy atom. The number of amides is 2. The van der Waals surface area contributed by atoms with Crippen molar-refractivity contribution >= 4 is 90.8 Å². The van der Waals surface area contributed by atoms with Crippen molar-refractivity contribution in [1.82, 2.24) is 5.32 Å². The zero-order valence-electron chi connectivity index (χ0n) is 20.9. The van der Waals surface area contributed by atoms with Gasteiger partial charge in [0.15, 0.2) is 5.11 Å². The van der Waals surface area contributed by atoms with E-state index in [0.717, 1.165) is 26.8 Å². The molecule has 0 aromatic heterocycles. The van der Waals surface area contributed by atoms with Crippen molar-refractivity contribution in [2.24, 2.45) is 0 Å². The molecular formula is C31H21BrCl2N2O3S. The van der Waals surface area contributed by atoms with E-state index in [-0.39, 0.29) is 26.4 Å². The minimum Gasteiger partial charge on any atom is -0.487 e. The third kappa shape index (κ3) is 5.56. The Balaban J connectivity index is 1.48. The molecule has 9 heteroatoms. The highest BCUT2D eigenvalue weighted by molar-refractivity contribution is 9.10. The molecule has 4 aromatic carbocycles. The molecule has 1 fully saturated rings. The van der Waals surface area contributed by atoms with Crippen molar-refractivity contribution in [3.05, 3.63) is 122 Å². The fourth-order valence-corrected chi connectivity index (χ4v) is 5.79. The molecule has 1 aliphatic rings. The Hall–Kier alpha value is -3.49. The van der Waals surface area contributed by atoms with E-state index in [4.69, 9.17) is 40.2 Å². The van der Waals surface area contributed by atoms with Gasteiger partial charge in [-0.3, -0.25) is 19.8 Å². The van der Waals surface area contributed by atoms with E-state index in [2.05, 4.69) is 46.0 Å². The Morgan fingerprint density at radius 1 is 1.00 bits per heavy atom. The van der Waals surface area contributed by atoms with Crippen LogP contribution >= 0.6 is 51.3 Å². The van der Waals surface area contributed by atoms with Gasteiger partial charge in [0.2, 0.25) is 0 Å². The van der Waals surface area contributed by atoms with Gasteiger partial charge in [0, 0.05) is 0 Å². The molecule has 0 atom stereocenters. The monoisotopic (exact) mass is 650 g/mol. The van der Waals surface area contributed by atoms with Crippen molar-refractivity contribution in [1.29, 1.82) is 0 Å². The maximum Gasteiger partial charge on any atom is 0.270 e. The second kappa shape index (κ2) is 11.9. The van der Waals surface area contributed by atoms with Crippen LogP contribution < -0.4 is 15.0 Å². The number of nitrogens with zero attached hydrogens (tertiary/aromatic N) is 1. The number of ether oxygens (including phenoxy) is 1. The van der Waals surface area contributed by atoms with Crippen LogP contribution in [0.3, 0.4) is 0 Å². The van der Waals surface area contributed by atoms with Gasteiger partial charge in [0.05, 0.1) is 20.2 Å². The summed E-state index contributed by atoms with van der Waals surface area (Å²) in [5.41, 5.74) is 2.68. The SMILES string of the molecule is C=CCc1cc(/C=C2\C(=O)NC(=S)N(c3cccc(Cl)c3Cl)C2=O)cc(Br)c1OCc1cccc2ccccc12. The van der Waals surface area contributed by atoms with Crippen LogP contribution in [0.1, 0.15) is 16.7 Å². The lowest BCUT2D eigenvalue weighted by Crippen LogP contribution is -2.54. The summed E-state index contributed by atoms with van der Waals surface area (Å²) >= 11 is 21.4. The molecule has 4 aromatic rings. The zero-order valence-corrected chi connectivity index (χ0v) is 24.8. The fraction of sp³-hybridized carbons (Fsp3) is 0.0645. The number of anilines is 1. The third-order valence-corrected chi connectivity index (χ3v) is 8.03. The number of nitrogens with one attached hydrogen (secondary N) is 1. The first-order valence-electron chi connectivity index (χ1n) is 12.2. The predicted octanol–water partition coefficient (Wildman–Crippen LogP) is 8.05. The molecule has 1 saturated heterocycles. The van der Waals surface area contributed by atoms with E-state index in [0.29, 0.717) is 28.8 Å². The van der Waals surface area contributed by atoms with Crippen LogP contribution in [-0.2, 0) is 22.6 Å². The molecule has 1 N–H and O–H groups in total. The highest BCUT2D eigenvalue weighted by Gasteiger charge is 2.35. The van der Waals surface area contributed by atoms with Gasteiger partial charge in [-0.1, -0.05) is 77.8 Å². The number of allylic oxidation sites excluding steroid dienone is 1. The number of hydrogen-bond acceptors (Lipinski definition) is 4. The lowest BCUT2D eigenvalue weighted by Gasteiger charge is -2.29. The first-order valence-corrected chi connectivity index (χ1v) is 14.1. The Bertz CT molecular complexity index is 1730. The van der Waals surface area contributed by atoms with E-state index < -0.39 is 11.8 Å². The molecular weight excluding hydrogens is 631 g/mol. The summed E-state index contributed by atoms with van der Waals surface area (Å²) in [6.45, 7) is 4.23. The lowest BCUT2D eigenvalue weighted by atomic mass is 10.0. The van der Waals surface area contributed by atoms with Gasteiger partial charge < -0.3 is 4.74 Å². The highest BCUT2D eigenvalue weighted by atomic mass is 79.9. The van der Waals surface area contributed by atoms with Crippen molar-refractivity contribution < 1.29 is 14.3 Å². The van der Waals surface area contributed by atoms with Gasteiger partial charge >= 0.3 is 0 Å². The smallest absolute Gasteiger partial charge is 0.270 e. The summed E-state index contributed by atoms with van der Waals surface area (Å²) in [4.78, 5) is 27.5. The normalized spacial score (nSPS) is 14.5. The molecule has 0 aliphatic carbocycles. The van der Waals surface area contributed by atoms with E-state index in [1.165, 1.54) is 6.08 Å². The average Bonchev–Trinajstić information content (AvgIpc) is 2.93. The minimum atomic E-state index is -0.615. The van der Waals surface area contributed by atoms with Crippen LogP contribution in [0.15, 0.2) is 95.5 Å². The first kappa shape index (κ1) is 28.1. The van der Waals surface area contributed by atoms with Crippen LogP contribution in [0, 0.1) is 0 Å². The van der Waals surface area contributed by atoms with Gasteiger partial charge in [-0.15, -0.1) is 6.58 Å². The molecule has 200 valence electrons. The van der Waals surface area contributed by atoms with Crippen molar-refractivity contribution in [2.45, 2.75) is 13.0 Å². The largest absolute Gasteiger partial charge is 0.487 e. The summed E-state index contributed by atoms with van der Waals surface area (Å²) in [5, 5.41) is 5.16. The number of carbonyl (C=O) groups is 2. The first-order chi connectivity index (χ1) is 19.3. The van der Waals surface area contributed by atoms with Crippen LogP contribution in [0.25, 0.3) is 16.8 Å². The van der Waals surface area contributed by atoms with Crippen LogP contribution in [0.5, 0.6) is 5.75 Å². The number of rotatable bonds is 7. The van der Waals surface area contributed by atoms with E-state index >= 15 is 0 Å². The number of thiocarbonyl (C=S) groups is 1. The maximum absolute atomic E-state index is 13.5. The van der Waals surface area contributed by atoms with Crippen molar-refractivity contribution in [2.75, 3.05) is 4.90 Å². The molecule has 5 nitrogen and oxygen atoms in total. The Labute approximate surface area is 255 Å². The van der Waals surface area contributed by atoms with Crippen molar-refractivity contribution in [3.63, 3.8) is 0 Å². The highest BCUT2D eigenvalue weighted by Crippen LogP contribution is 2.36. The molecule has 40 heavy (non-hydrogen) atoms. The Kier molecular flexibility index (Phi) is 8.38. The molecule has 0 radical (unpaired) electrons. The average molecular weight is 652 g/mol. The van der Waals surface area contributed by atoms with Crippen molar-refractivity contribution in [3.8, 4) is 5.75 Å². The van der Waals surface area contributed by atoms with Gasteiger partial charge in [-0.25, -0.2) is 0 Å². The van der Waals surface area contributed by atoms with Gasteiger partial charge in [-0.05, 0) is 92.4 Å². The van der Waals surface area contributed by atoms with Crippen LogP contribution in [0.2, 0.25) is 10.0 Å². The zero-order chi connectivity index (χ0) is 28.4. The second-order valence-corrected chi connectivity index (χ2v) is 11.0. The predicted molar refractivity (Wildman–Crippen MR) is 169 cm³/mol. The molecule has 1 aliphatic heterocycles. The number of halogens is 3. The summed E-state index contributed by atoms with van der Waals surface area (Å²) in [5.74, 6) is -0.569. The number of fused-ring (bicyclic) bond motifs is 1. The van der Waals surface area contributed by atoms with Gasteiger partial charge in [0.25, 0.3) is 11.8 Å². The molecule has 0 spiro atoms. The molecule has 1 heterocycles. The summed E-state index contributed by atoms with van der Waals surface area (Å²) < 4.78 is 6.98. The third-order valence-electron chi connectivity index (χ3n) is 6.34. The summed E-state index contributed by atoms with van der Waals surface area (Å²) in [6.07, 6.45) is 3.79. The quantitative estimate of drug-likeness (QED) is 0.0951. The Morgan fingerprint density at radius 2 is 1.75 bits per heavy atom. The van der Waals surface area contributed by atoms with E-state index in [9.17, 15) is 9.59 Å². The van der Waals surface area contributed by atoms with E-state index in [1.54, 1.807) is 30.3 Å². The van der Waals surface area contributed by atoms with Crippen LogP contribution in [0.4, 0.5) is 5.69 Å². The molecule has 0 unspecified atom stereocenters. The van der Waals surface area contributed by atoms with Crippen LogP contribution in [-0.4, -0.2) is 16.9 Å². The topological polar surface area (TPSA) is 58.6 Å². The minimum absolute atomic E-state index is 0.0815. The van der Waals surface area contributed by atoms with E-state index in [1.807, 2.05) is 30.3 Å². The second-order valence-electron chi connectivity index (χ2n) is 8.94. The summed E-state index contributed by atoms with van der Waals surface area (Å²) in [7, 11) is 0.